The van der Waals surface area contributed by atoms with Crippen LogP contribution in [0.25, 0.3) is 64.1 Å². The number of para-hydroxylation sites is 1. The highest BCUT2D eigenvalue weighted by Gasteiger charge is 2.16. The molecule has 3 aromatic heterocycles. The van der Waals surface area contributed by atoms with Crippen molar-refractivity contribution in [2.75, 3.05) is 4.90 Å². The topological polar surface area (TPSA) is 29.3 Å². The van der Waals surface area contributed by atoms with Gasteiger partial charge in [-0.25, -0.2) is 4.98 Å². The fourth-order valence-electron chi connectivity index (χ4n) is 6.29. The van der Waals surface area contributed by atoms with Crippen LogP contribution >= 0.6 is 11.3 Å². The highest BCUT2D eigenvalue weighted by Crippen LogP contribution is 2.41. The number of anilines is 3. The molecule has 0 fully saturated rings. The zero-order valence-electron chi connectivity index (χ0n) is 23.1. The van der Waals surface area contributed by atoms with Crippen molar-refractivity contribution in [1.29, 1.82) is 0 Å². The van der Waals surface area contributed by atoms with Gasteiger partial charge in [0.2, 0.25) is 5.71 Å². The van der Waals surface area contributed by atoms with Crippen LogP contribution in [0.5, 0.6) is 0 Å². The molecule has 0 unspecified atom stereocenters. The molecule has 43 heavy (non-hydrogen) atoms. The summed E-state index contributed by atoms with van der Waals surface area (Å²) in [5.41, 5.74) is 7.26. The van der Waals surface area contributed by atoms with Crippen molar-refractivity contribution in [3.8, 4) is 11.1 Å². The highest BCUT2D eigenvalue weighted by molar-refractivity contribution is 7.25. The normalized spacial score (nSPS) is 11.7. The van der Waals surface area contributed by atoms with Gasteiger partial charge in [-0.3, -0.25) is 0 Å². The van der Waals surface area contributed by atoms with Gasteiger partial charge in [0.15, 0.2) is 0 Å². The Labute approximate surface area is 251 Å². The van der Waals surface area contributed by atoms with E-state index < -0.39 is 0 Å². The molecule has 0 aliphatic heterocycles. The minimum Gasteiger partial charge on any atom is -0.438 e. The Bertz CT molecular complexity index is 2460. The molecule has 0 aliphatic carbocycles. The predicted molar refractivity (Wildman–Crippen MR) is 182 cm³/mol. The second kappa shape index (κ2) is 9.55. The van der Waals surface area contributed by atoms with E-state index in [-0.39, 0.29) is 0 Å². The van der Waals surface area contributed by atoms with Crippen LogP contribution < -0.4 is 4.90 Å². The number of pyridine rings is 1. The van der Waals surface area contributed by atoms with Crippen LogP contribution in [-0.4, -0.2) is 4.98 Å². The van der Waals surface area contributed by atoms with E-state index in [4.69, 9.17) is 4.42 Å². The number of hydrogen-bond donors (Lipinski definition) is 0. The first-order chi connectivity index (χ1) is 21.3. The fourth-order valence-corrected chi connectivity index (χ4v) is 7.38. The van der Waals surface area contributed by atoms with E-state index in [0.29, 0.717) is 5.71 Å². The maximum absolute atomic E-state index is 6.06. The van der Waals surface area contributed by atoms with Crippen molar-refractivity contribution >= 4 is 81.4 Å². The molecule has 9 aromatic rings. The molecule has 0 saturated carbocycles. The van der Waals surface area contributed by atoms with E-state index in [9.17, 15) is 0 Å². The monoisotopic (exact) mass is 568 g/mol. The molecule has 0 N–H and O–H groups in total. The molecule has 0 bridgehead atoms. The van der Waals surface area contributed by atoms with Crippen LogP contribution in [0.15, 0.2) is 150 Å². The molecule has 6 aromatic carbocycles. The number of furan rings is 1. The summed E-state index contributed by atoms with van der Waals surface area (Å²) < 4.78 is 8.68. The third kappa shape index (κ3) is 3.92. The number of hydrogen-bond acceptors (Lipinski definition) is 4. The lowest BCUT2D eigenvalue weighted by molar-refractivity contribution is 0.654. The summed E-state index contributed by atoms with van der Waals surface area (Å²) in [6.45, 7) is 0. The Morgan fingerprint density at radius 3 is 2.14 bits per heavy atom. The average molecular weight is 569 g/mol. The van der Waals surface area contributed by atoms with Gasteiger partial charge in [0.05, 0.1) is 0 Å². The van der Waals surface area contributed by atoms with E-state index in [0.717, 1.165) is 33.4 Å². The third-order valence-corrected chi connectivity index (χ3v) is 9.47. The molecule has 9 rings (SSSR count). The first kappa shape index (κ1) is 24.2. The molecule has 0 radical (unpaired) electrons. The van der Waals surface area contributed by atoms with E-state index in [1.54, 1.807) is 6.20 Å². The molecule has 0 saturated heterocycles. The first-order valence-electron chi connectivity index (χ1n) is 14.4. The highest BCUT2D eigenvalue weighted by atomic mass is 32.1. The van der Waals surface area contributed by atoms with Crippen molar-refractivity contribution in [1.82, 2.24) is 4.98 Å². The van der Waals surface area contributed by atoms with Gasteiger partial charge in [0.25, 0.3) is 0 Å². The summed E-state index contributed by atoms with van der Waals surface area (Å²) >= 11 is 1.85. The van der Waals surface area contributed by atoms with Crippen LogP contribution in [0.4, 0.5) is 17.1 Å². The van der Waals surface area contributed by atoms with Crippen LogP contribution in [0.1, 0.15) is 0 Å². The Balaban J connectivity index is 1.16. The summed E-state index contributed by atoms with van der Waals surface area (Å²) in [6.07, 6.45) is 1.78. The molecule has 3 nitrogen and oxygen atoms in total. The lowest BCUT2D eigenvalue weighted by Crippen LogP contribution is -2.09. The van der Waals surface area contributed by atoms with Gasteiger partial charge in [0, 0.05) is 54.2 Å². The Kier molecular flexibility index (Phi) is 5.37. The summed E-state index contributed by atoms with van der Waals surface area (Å²) in [7, 11) is 0. The lowest BCUT2D eigenvalue weighted by atomic mass is 9.98. The van der Waals surface area contributed by atoms with E-state index in [1.165, 1.54) is 42.1 Å². The van der Waals surface area contributed by atoms with Gasteiger partial charge in [-0.2, -0.15) is 0 Å². The molecule has 3 heterocycles. The number of aromatic nitrogens is 1. The number of nitrogens with zero attached hydrogens (tertiary/aromatic N) is 2. The van der Waals surface area contributed by atoms with Gasteiger partial charge >= 0.3 is 0 Å². The predicted octanol–water partition coefficient (Wildman–Crippen LogP) is 11.6. The Morgan fingerprint density at radius 1 is 0.512 bits per heavy atom. The number of rotatable bonds is 4. The van der Waals surface area contributed by atoms with Crippen LogP contribution in [-0.2, 0) is 0 Å². The molecule has 4 heteroatoms. The molecule has 0 atom stereocenters. The summed E-state index contributed by atoms with van der Waals surface area (Å²) in [6, 6.07) is 49.9. The molecule has 0 spiro atoms. The second-order valence-electron chi connectivity index (χ2n) is 10.8. The largest absolute Gasteiger partial charge is 0.438 e. The Morgan fingerprint density at radius 2 is 1.23 bits per heavy atom. The fraction of sp³-hybridized carbons (Fsp3) is 0. The zero-order valence-corrected chi connectivity index (χ0v) is 23.9. The van der Waals surface area contributed by atoms with Crippen molar-refractivity contribution in [3.63, 3.8) is 0 Å². The maximum atomic E-state index is 6.06. The minimum atomic E-state index is 0.675. The minimum absolute atomic E-state index is 0.675. The standard InChI is InChI=1S/C39H24N2OS/c1-2-7-28(8-3-1)41(30-19-21-37-34(24-30)31-9-4-5-11-36(31)43-37)29-17-14-25(15-18-29)27-13-12-26-16-20-35-38(33(26)23-27)32-10-6-22-40-39(32)42-35/h1-24H. The molecule has 202 valence electrons. The smallest absolute Gasteiger partial charge is 0.227 e. The van der Waals surface area contributed by atoms with Crippen molar-refractivity contribution < 1.29 is 4.42 Å². The van der Waals surface area contributed by atoms with E-state index >= 15 is 0 Å². The van der Waals surface area contributed by atoms with Gasteiger partial charge in [-0.05, 0) is 94.7 Å². The SMILES string of the molecule is c1ccc(N(c2ccc(-c3ccc4ccc5oc6ncccc6c5c4c3)cc2)c2ccc3sc4ccccc4c3c2)cc1. The molecule has 0 aliphatic rings. The number of thiophene rings is 1. The van der Waals surface area contributed by atoms with Gasteiger partial charge in [-0.15, -0.1) is 11.3 Å². The Hall–Kier alpha value is -5.45. The molecule has 0 amide bonds. The maximum Gasteiger partial charge on any atom is 0.227 e. The van der Waals surface area contributed by atoms with Crippen LogP contribution in [0.3, 0.4) is 0 Å². The summed E-state index contributed by atoms with van der Waals surface area (Å²) in [4.78, 5) is 6.78. The van der Waals surface area contributed by atoms with Gasteiger partial charge in [-0.1, -0.05) is 66.7 Å². The van der Waals surface area contributed by atoms with Crippen LogP contribution in [0.2, 0.25) is 0 Å². The summed E-state index contributed by atoms with van der Waals surface area (Å²) in [5, 5.41) is 7.12. The number of fused-ring (bicyclic) bond motifs is 8. The van der Waals surface area contributed by atoms with Gasteiger partial charge < -0.3 is 9.32 Å². The quantitative estimate of drug-likeness (QED) is 0.211. The van der Waals surface area contributed by atoms with Crippen LogP contribution in [0, 0.1) is 0 Å². The molecular formula is C39H24N2OS. The first-order valence-corrected chi connectivity index (χ1v) is 15.2. The third-order valence-electron chi connectivity index (χ3n) is 8.32. The summed E-state index contributed by atoms with van der Waals surface area (Å²) in [5.74, 6) is 0. The van der Waals surface area contributed by atoms with Crippen molar-refractivity contribution in [3.05, 3.63) is 146 Å². The second-order valence-corrected chi connectivity index (χ2v) is 11.9. The lowest BCUT2D eigenvalue weighted by Gasteiger charge is -2.26. The van der Waals surface area contributed by atoms with Crippen molar-refractivity contribution in [2.24, 2.45) is 0 Å². The zero-order chi connectivity index (χ0) is 28.3. The van der Waals surface area contributed by atoms with E-state index in [2.05, 4.69) is 137 Å². The van der Waals surface area contributed by atoms with Gasteiger partial charge in [0.1, 0.15) is 5.58 Å². The van der Waals surface area contributed by atoms with Crippen molar-refractivity contribution in [2.45, 2.75) is 0 Å². The number of benzene rings is 6. The van der Waals surface area contributed by atoms with E-state index in [1.807, 2.05) is 23.5 Å². The average Bonchev–Trinajstić information content (AvgIpc) is 3.64. The molecular weight excluding hydrogens is 545 g/mol.